The number of benzene rings is 2. The third-order valence-corrected chi connectivity index (χ3v) is 3.09. The summed E-state index contributed by atoms with van der Waals surface area (Å²) in [5, 5.41) is 4.99. The van der Waals surface area contributed by atoms with Gasteiger partial charge in [-0.3, -0.25) is 0 Å². The summed E-state index contributed by atoms with van der Waals surface area (Å²) in [5.74, 6) is -0.562. The number of anilines is 2. The highest BCUT2D eigenvalue weighted by atomic mass is 32.1. The normalized spacial score (nSPS) is 11.0. The van der Waals surface area contributed by atoms with Crippen molar-refractivity contribution in [2.24, 2.45) is 0 Å². The van der Waals surface area contributed by atoms with E-state index in [1.54, 1.807) is 0 Å². The molecule has 0 aliphatic rings. The van der Waals surface area contributed by atoms with E-state index in [1.807, 2.05) is 0 Å². The SMILES string of the molecule is COc1ccc(NC(=S)Nc2ccccc2C(F)(F)F)cc1F. The van der Waals surface area contributed by atoms with E-state index in [9.17, 15) is 17.6 Å². The smallest absolute Gasteiger partial charge is 0.418 e. The highest BCUT2D eigenvalue weighted by Gasteiger charge is 2.33. The second-order valence-electron chi connectivity index (χ2n) is 4.47. The minimum atomic E-state index is -4.51. The van der Waals surface area contributed by atoms with Crippen molar-refractivity contribution in [3.63, 3.8) is 0 Å². The fraction of sp³-hybridized carbons (Fsp3) is 0.133. The number of rotatable bonds is 3. The van der Waals surface area contributed by atoms with Crippen molar-refractivity contribution in [2.45, 2.75) is 6.18 Å². The van der Waals surface area contributed by atoms with Crippen molar-refractivity contribution < 1.29 is 22.3 Å². The maximum Gasteiger partial charge on any atom is 0.418 e. The fourth-order valence-corrected chi connectivity index (χ4v) is 2.10. The summed E-state index contributed by atoms with van der Waals surface area (Å²) in [7, 11) is 1.33. The average molecular weight is 344 g/mol. The Hall–Kier alpha value is -2.35. The number of alkyl halides is 3. The van der Waals surface area contributed by atoms with E-state index in [1.165, 1.54) is 37.4 Å². The Labute approximate surface area is 135 Å². The molecule has 0 aliphatic heterocycles. The second kappa shape index (κ2) is 6.82. The van der Waals surface area contributed by atoms with Crippen molar-refractivity contribution in [1.29, 1.82) is 0 Å². The Morgan fingerprint density at radius 2 is 1.78 bits per heavy atom. The first-order chi connectivity index (χ1) is 10.8. The molecule has 0 fully saturated rings. The summed E-state index contributed by atoms with van der Waals surface area (Å²) in [6, 6.07) is 8.93. The molecular formula is C15H12F4N2OS. The summed E-state index contributed by atoms with van der Waals surface area (Å²) in [6.45, 7) is 0. The van der Waals surface area contributed by atoms with Gasteiger partial charge in [-0.2, -0.15) is 13.2 Å². The zero-order valence-electron chi connectivity index (χ0n) is 11.9. The molecule has 0 amide bonds. The molecular weight excluding hydrogens is 332 g/mol. The van der Waals surface area contributed by atoms with Gasteiger partial charge in [-0.05, 0) is 36.5 Å². The maximum absolute atomic E-state index is 13.6. The van der Waals surface area contributed by atoms with Gasteiger partial charge in [0.15, 0.2) is 16.7 Å². The predicted octanol–water partition coefficient (Wildman–Crippen LogP) is 4.66. The molecule has 2 N–H and O–H groups in total. The van der Waals surface area contributed by atoms with E-state index in [4.69, 9.17) is 17.0 Å². The molecule has 0 saturated heterocycles. The zero-order chi connectivity index (χ0) is 17.0. The first kappa shape index (κ1) is 17.0. The Bertz CT molecular complexity index is 719. The van der Waals surface area contributed by atoms with E-state index in [0.717, 1.165) is 12.1 Å². The fourth-order valence-electron chi connectivity index (χ4n) is 1.87. The van der Waals surface area contributed by atoms with Crippen LogP contribution in [0, 0.1) is 5.82 Å². The molecule has 3 nitrogen and oxygen atoms in total. The minimum absolute atomic E-state index is 0.0526. The van der Waals surface area contributed by atoms with Crippen LogP contribution in [0.1, 0.15) is 5.56 Å². The third-order valence-electron chi connectivity index (χ3n) is 2.89. The highest BCUT2D eigenvalue weighted by molar-refractivity contribution is 7.80. The minimum Gasteiger partial charge on any atom is -0.494 e. The van der Waals surface area contributed by atoms with Gasteiger partial charge in [-0.25, -0.2) is 4.39 Å². The standard InChI is InChI=1S/C15H12F4N2OS/c1-22-13-7-6-9(8-11(13)16)20-14(23)21-12-5-3-2-4-10(12)15(17,18)19/h2-8H,1H3,(H2,20,21,23). The molecule has 0 aliphatic carbocycles. The molecule has 0 aromatic heterocycles. The van der Waals surface area contributed by atoms with Gasteiger partial charge in [0.1, 0.15) is 0 Å². The molecule has 2 rings (SSSR count). The second-order valence-corrected chi connectivity index (χ2v) is 4.88. The molecule has 23 heavy (non-hydrogen) atoms. The van der Waals surface area contributed by atoms with Gasteiger partial charge in [0, 0.05) is 11.8 Å². The van der Waals surface area contributed by atoms with Gasteiger partial charge < -0.3 is 15.4 Å². The molecule has 0 unspecified atom stereocenters. The predicted molar refractivity (Wildman–Crippen MR) is 84.2 cm³/mol. The third kappa shape index (κ3) is 4.32. The molecule has 0 radical (unpaired) electrons. The summed E-state index contributed by atoms with van der Waals surface area (Å²) in [4.78, 5) is 0. The lowest BCUT2D eigenvalue weighted by atomic mass is 10.1. The summed E-state index contributed by atoms with van der Waals surface area (Å²) in [6.07, 6.45) is -4.51. The number of halogens is 4. The highest BCUT2D eigenvalue weighted by Crippen LogP contribution is 2.34. The van der Waals surface area contributed by atoms with Crippen molar-refractivity contribution in [1.82, 2.24) is 0 Å². The Kier molecular flexibility index (Phi) is 5.05. The van der Waals surface area contributed by atoms with Crippen LogP contribution in [0.5, 0.6) is 5.75 Å². The van der Waals surface area contributed by atoms with Crippen LogP contribution in [0.3, 0.4) is 0 Å². The van der Waals surface area contributed by atoms with Crippen LogP contribution in [-0.2, 0) is 6.18 Å². The van der Waals surface area contributed by atoms with E-state index >= 15 is 0 Å². The number of hydrogen-bond acceptors (Lipinski definition) is 2. The largest absolute Gasteiger partial charge is 0.494 e. The Morgan fingerprint density at radius 3 is 2.39 bits per heavy atom. The van der Waals surface area contributed by atoms with Crippen LogP contribution < -0.4 is 15.4 Å². The molecule has 122 valence electrons. The van der Waals surface area contributed by atoms with Gasteiger partial charge in [-0.1, -0.05) is 12.1 Å². The van der Waals surface area contributed by atoms with Crippen LogP contribution in [0.2, 0.25) is 0 Å². The van der Waals surface area contributed by atoms with E-state index in [2.05, 4.69) is 10.6 Å². The number of ether oxygens (including phenoxy) is 1. The van der Waals surface area contributed by atoms with Crippen molar-refractivity contribution >= 4 is 28.7 Å². The number of nitrogens with one attached hydrogen (secondary N) is 2. The van der Waals surface area contributed by atoms with Crippen LogP contribution in [-0.4, -0.2) is 12.2 Å². The summed E-state index contributed by atoms with van der Waals surface area (Å²) < 4.78 is 57.0. The van der Waals surface area contributed by atoms with Crippen LogP contribution >= 0.6 is 12.2 Å². The Balaban J connectivity index is 2.13. The monoisotopic (exact) mass is 344 g/mol. The zero-order valence-corrected chi connectivity index (χ0v) is 12.7. The maximum atomic E-state index is 13.6. The first-order valence-corrected chi connectivity index (χ1v) is 6.80. The number of methoxy groups -OCH3 is 1. The molecule has 8 heteroatoms. The van der Waals surface area contributed by atoms with Crippen LogP contribution in [0.15, 0.2) is 42.5 Å². The first-order valence-electron chi connectivity index (χ1n) is 6.39. The lowest BCUT2D eigenvalue weighted by Gasteiger charge is -2.16. The molecule has 0 bridgehead atoms. The number of para-hydroxylation sites is 1. The topological polar surface area (TPSA) is 33.3 Å². The van der Waals surface area contributed by atoms with Crippen LogP contribution in [0.4, 0.5) is 28.9 Å². The number of thiocarbonyl (C=S) groups is 1. The van der Waals surface area contributed by atoms with E-state index in [-0.39, 0.29) is 22.2 Å². The molecule has 0 heterocycles. The molecule has 2 aromatic rings. The van der Waals surface area contributed by atoms with Gasteiger partial charge in [0.25, 0.3) is 0 Å². The van der Waals surface area contributed by atoms with E-state index < -0.39 is 17.6 Å². The molecule has 0 saturated carbocycles. The van der Waals surface area contributed by atoms with E-state index in [0.29, 0.717) is 0 Å². The molecule has 0 atom stereocenters. The Morgan fingerprint density at radius 1 is 1.09 bits per heavy atom. The summed E-state index contributed by atoms with van der Waals surface area (Å²) >= 11 is 4.96. The molecule has 0 spiro atoms. The van der Waals surface area contributed by atoms with Crippen molar-refractivity contribution in [3.8, 4) is 5.75 Å². The van der Waals surface area contributed by atoms with Gasteiger partial charge in [0.2, 0.25) is 0 Å². The van der Waals surface area contributed by atoms with Crippen molar-refractivity contribution in [3.05, 3.63) is 53.8 Å². The quantitative estimate of drug-likeness (QED) is 0.627. The van der Waals surface area contributed by atoms with Gasteiger partial charge in [-0.15, -0.1) is 0 Å². The van der Waals surface area contributed by atoms with Gasteiger partial charge in [0.05, 0.1) is 18.4 Å². The number of hydrogen-bond donors (Lipinski definition) is 2. The lowest BCUT2D eigenvalue weighted by Crippen LogP contribution is -2.21. The van der Waals surface area contributed by atoms with Crippen molar-refractivity contribution in [2.75, 3.05) is 17.7 Å². The average Bonchev–Trinajstić information content (AvgIpc) is 2.46. The lowest BCUT2D eigenvalue weighted by molar-refractivity contribution is -0.136. The molecule has 2 aromatic carbocycles. The summed E-state index contributed by atoms with van der Waals surface area (Å²) in [5.41, 5.74) is -0.748. The van der Waals surface area contributed by atoms with Crippen LogP contribution in [0.25, 0.3) is 0 Å². The van der Waals surface area contributed by atoms with Gasteiger partial charge >= 0.3 is 6.18 Å².